The Morgan fingerprint density at radius 2 is 1.96 bits per heavy atom. The van der Waals surface area contributed by atoms with Gasteiger partial charge >= 0.3 is 0 Å². The van der Waals surface area contributed by atoms with E-state index in [1.54, 1.807) is 0 Å². The fraction of sp³-hybridized carbons (Fsp3) is 0.409. The highest BCUT2D eigenvalue weighted by Gasteiger charge is 2.05. The number of benzene rings is 1. The third-order valence-corrected chi connectivity index (χ3v) is 4.33. The molecule has 2 heterocycles. The molecule has 2 aromatic rings. The van der Waals surface area contributed by atoms with Crippen LogP contribution < -0.4 is 15.6 Å². The van der Waals surface area contributed by atoms with E-state index in [1.165, 1.54) is 10.8 Å². The first-order chi connectivity index (χ1) is 12.7. The molecule has 0 saturated carbocycles. The van der Waals surface area contributed by atoms with Crippen LogP contribution in [-0.4, -0.2) is 31.8 Å². The third kappa shape index (κ3) is 4.76. The predicted molar refractivity (Wildman–Crippen MR) is 108 cm³/mol. The Kier molecular flexibility index (Phi) is 7.47. The summed E-state index contributed by atoms with van der Waals surface area (Å²) in [5.41, 5.74) is 5.29. The van der Waals surface area contributed by atoms with Crippen LogP contribution in [0.2, 0.25) is 0 Å². The number of aromatic nitrogens is 1. The van der Waals surface area contributed by atoms with Crippen molar-refractivity contribution < 1.29 is 4.39 Å². The molecule has 0 saturated heterocycles. The van der Waals surface area contributed by atoms with Crippen molar-refractivity contribution in [3.05, 3.63) is 51.8 Å². The van der Waals surface area contributed by atoms with Gasteiger partial charge in [-0.15, -0.1) is 0 Å². The van der Waals surface area contributed by atoms with Crippen LogP contribution >= 0.6 is 0 Å². The Hall–Kier alpha value is -2.54. The van der Waals surface area contributed by atoms with Crippen molar-refractivity contribution in [1.82, 2.24) is 4.98 Å². The molecule has 1 aromatic carbocycles. The summed E-state index contributed by atoms with van der Waals surface area (Å²) in [6.07, 6.45) is 3.92. The van der Waals surface area contributed by atoms with Gasteiger partial charge in [-0.05, 0) is 42.5 Å². The average Bonchev–Trinajstić information content (AvgIpc) is 3.00. The van der Waals surface area contributed by atoms with E-state index in [4.69, 9.17) is 0 Å². The number of H-pyrrole nitrogens is 1. The molecule has 0 amide bonds. The quantitative estimate of drug-likeness (QED) is 0.841. The Morgan fingerprint density at radius 3 is 2.62 bits per heavy atom. The molecule has 0 spiro atoms. The zero-order valence-electron chi connectivity index (χ0n) is 16.2. The minimum Gasteiger partial charge on any atom is -0.372 e. The number of hydrogen-bond acceptors (Lipinski definition) is 2. The van der Waals surface area contributed by atoms with E-state index in [9.17, 15) is 4.39 Å². The molecule has 4 heteroatoms. The normalized spacial score (nSPS) is 11.7. The van der Waals surface area contributed by atoms with Gasteiger partial charge in [0.15, 0.2) is 0 Å². The van der Waals surface area contributed by atoms with E-state index in [0.29, 0.717) is 13.0 Å². The van der Waals surface area contributed by atoms with Gasteiger partial charge in [0.2, 0.25) is 0 Å². The lowest BCUT2D eigenvalue weighted by atomic mass is 10.1. The number of nitrogens with zero attached hydrogens (tertiary/aromatic N) is 2. The van der Waals surface area contributed by atoms with Crippen LogP contribution in [0.3, 0.4) is 0 Å². The highest BCUT2D eigenvalue weighted by Crippen LogP contribution is 2.13. The van der Waals surface area contributed by atoms with E-state index < -0.39 is 0 Å². The van der Waals surface area contributed by atoms with E-state index in [1.807, 2.05) is 37.9 Å². The van der Waals surface area contributed by atoms with Crippen LogP contribution in [0.5, 0.6) is 0 Å². The summed E-state index contributed by atoms with van der Waals surface area (Å²) >= 11 is 0. The maximum Gasteiger partial charge on any atom is 0.133 e. The molecular weight excluding hydrogens is 325 g/mol. The van der Waals surface area contributed by atoms with Crippen LogP contribution in [0.4, 0.5) is 10.1 Å². The summed E-state index contributed by atoms with van der Waals surface area (Å²) in [6, 6.07) is 8.13. The third-order valence-electron chi connectivity index (χ3n) is 4.33. The van der Waals surface area contributed by atoms with Crippen molar-refractivity contribution in [2.24, 2.45) is 4.99 Å². The van der Waals surface area contributed by atoms with Gasteiger partial charge in [-0.25, -0.2) is 4.39 Å². The highest BCUT2D eigenvalue weighted by atomic mass is 19.1. The molecule has 1 aromatic heterocycles. The Morgan fingerprint density at radius 1 is 1.23 bits per heavy atom. The van der Waals surface area contributed by atoms with Gasteiger partial charge in [-0.3, -0.25) is 4.99 Å². The first kappa shape index (κ1) is 19.8. The van der Waals surface area contributed by atoms with Gasteiger partial charge in [0.05, 0.1) is 5.69 Å². The molecule has 3 nitrogen and oxygen atoms in total. The monoisotopic (exact) mass is 353 g/mol. The lowest BCUT2D eigenvalue weighted by molar-refractivity contribution is 0.497. The summed E-state index contributed by atoms with van der Waals surface area (Å²) < 4.78 is 12.4. The second kappa shape index (κ2) is 9.82. The van der Waals surface area contributed by atoms with Crippen LogP contribution in [0.25, 0.3) is 6.08 Å². The smallest absolute Gasteiger partial charge is 0.133 e. The summed E-state index contributed by atoms with van der Waals surface area (Å²) in [5.74, 6) is 6.46. The first-order valence-electron chi connectivity index (χ1n) is 9.27. The van der Waals surface area contributed by atoms with Crippen molar-refractivity contribution in [3.63, 3.8) is 0 Å². The second-order valence-electron chi connectivity index (χ2n) is 6.02. The van der Waals surface area contributed by atoms with E-state index >= 15 is 0 Å². The maximum atomic E-state index is 12.4. The van der Waals surface area contributed by atoms with Crippen LogP contribution in [0, 0.1) is 18.8 Å². The highest BCUT2D eigenvalue weighted by molar-refractivity contribution is 5.47. The standard InChI is InChI=1S/C20H22FN3.C2H6/c1-15-18-6-4-13-22-20(18)23-19(15)7-3-5-16-8-10-17(11-9-16)24(2)14-12-21;1-2/h6,8-11H,4-5,12-14H2,1-2H3,(H,22,23);1-2H3. The lowest BCUT2D eigenvalue weighted by Gasteiger charge is -2.17. The number of rotatable bonds is 4. The van der Waals surface area contributed by atoms with Crippen LogP contribution in [0.15, 0.2) is 29.3 Å². The Labute approximate surface area is 155 Å². The Bertz CT molecular complexity index is 882. The molecular formula is C22H28FN3. The van der Waals surface area contributed by atoms with Crippen molar-refractivity contribution in [1.29, 1.82) is 0 Å². The number of fused-ring (bicyclic) bond motifs is 1. The van der Waals surface area contributed by atoms with Crippen molar-refractivity contribution in [2.75, 3.05) is 31.7 Å². The first-order valence-corrected chi connectivity index (χ1v) is 9.27. The number of alkyl halides is 1. The SMILES string of the molecule is CC.Cc1c(C#CCc2ccc(N(C)CCF)cc2)[nH]c2c1=CCCN=2. The van der Waals surface area contributed by atoms with Crippen LogP contribution in [-0.2, 0) is 6.42 Å². The molecule has 0 fully saturated rings. The van der Waals surface area contributed by atoms with E-state index in [2.05, 4.69) is 46.9 Å². The average molecular weight is 353 g/mol. The molecule has 0 aliphatic carbocycles. The molecule has 1 N–H and O–H groups in total. The minimum atomic E-state index is -0.340. The van der Waals surface area contributed by atoms with Gasteiger partial charge in [-0.2, -0.15) is 0 Å². The van der Waals surface area contributed by atoms with Gasteiger partial charge in [-0.1, -0.05) is 38.0 Å². The molecule has 138 valence electrons. The summed E-state index contributed by atoms with van der Waals surface area (Å²) in [7, 11) is 1.90. The second-order valence-corrected chi connectivity index (χ2v) is 6.02. The van der Waals surface area contributed by atoms with Gasteiger partial charge < -0.3 is 9.88 Å². The molecule has 0 bridgehead atoms. The van der Waals surface area contributed by atoms with E-state index in [-0.39, 0.29) is 6.67 Å². The number of hydrogen-bond donors (Lipinski definition) is 1. The molecule has 26 heavy (non-hydrogen) atoms. The summed E-state index contributed by atoms with van der Waals surface area (Å²) in [6.45, 7) is 7.01. The number of anilines is 1. The van der Waals surface area contributed by atoms with Crippen LogP contribution in [0.1, 0.15) is 37.1 Å². The molecule has 0 unspecified atom stereocenters. The molecule has 1 aliphatic heterocycles. The maximum absolute atomic E-state index is 12.4. The van der Waals surface area contributed by atoms with Gasteiger partial charge in [0, 0.05) is 37.5 Å². The number of aromatic amines is 1. The largest absolute Gasteiger partial charge is 0.372 e. The molecule has 1 aliphatic rings. The molecule has 3 rings (SSSR count). The topological polar surface area (TPSA) is 31.4 Å². The molecule has 0 atom stereocenters. The zero-order valence-corrected chi connectivity index (χ0v) is 16.2. The van der Waals surface area contributed by atoms with Crippen molar-refractivity contribution >= 4 is 11.8 Å². The van der Waals surface area contributed by atoms with Gasteiger partial charge in [0.25, 0.3) is 0 Å². The van der Waals surface area contributed by atoms with Gasteiger partial charge in [0.1, 0.15) is 12.2 Å². The lowest BCUT2D eigenvalue weighted by Crippen LogP contribution is -2.27. The Balaban J connectivity index is 0.00000117. The van der Waals surface area contributed by atoms with Crippen molar-refractivity contribution in [3.8, 4) is 11.8 Å². The number of halogens is 1. The fourth-order valence-corrected chi connectivity index (χ4v) is 2.84. The molecule has 0 radical (unpaired) electrons. The number of nitrogens with one attached hydrogen (secondary N) is 1. The van der Waals surface area contributed by atoms with Crippen molar-refractivity contribution in [2.45, 2.75) is 33.6 Å². The van der Waals surface area contributed by atoms with E-state index in [0.717, 1.165) is 35.4 Å². The summed E-state index contributed by atoms with van der Waals surface area (Å²) in [5, 5.41) is 1.20. The zero-order chi connectivity index (χ0) is 18.9. The minimum absolute atomic E-state index is 0.340. The summed E-state index contributed by atoms with van der Waals surface area (Å²) in [4.78, 5) is 9.71. The predicted octanol–water partition coefficient (Wildman–Crippen LogP) is 3.15. The fourth-order valence-electron chi connectivity index (χ4n) is 2.84.